The van der Waals surface area contributed by atoms with E-state index >= 15 is 0 Å². The van der Waals surface area contributed by atoms with E-state index in [0.29, 0.717) is 31.9 Å². The van der Waals surface area contributed by atoms with Gasteiger partial charge in [0.2, 0.25) is 5.91 Å². The molecule has 1 aliphatic heterocycles. The number of carbonyl (C=O) groups is 1. The standard InChI is InChI=1S/C21H23FN6O2/c1-13-17(14(2)27-26-13)9-21(29)28-7-8-30-19(12-28)18-5-4-16(11-23-18)25-20-6-3-15(22)10-24-20/h3-6,10-11,19H,7-9,12H2,1-2H3,(H,24,25)(H,26,27). The van der Waals surface area contributed by atoms with E-state index in [1.807, 2.05) is 30.9 Å². The van der Waals surface area contributed by atoms with Crippen molar-refractivity contribution in [1.29, 1.82) is 0 Å². The first kappa shape index (κ1) is 20.0. The Morgan fingerprint density at radius 3 is 2.80 bits per heavy atom. The summed E-state index contributed by atoms with van der Waals surface area (Å²) < 4.78 is 18.8. The molecule has 3 aromatic heterocycles. The van der Waals surface area contributed by atoms with Crippen molar-refractivity contribution in [2.24, 2.45) is 0 Å². The monoisotopic (exact) mass is 410 g/mol. The topological polar surface area (TPSA) is 96.0 Å². The molecule has 1 saturated heterocycles. The lowest BCUT2D eigenvalue weighted by Crippen LogP contribution is -2.43. The number of ether oxygens (including phenoxy) is 1. The number of aromatic amines is 1. The Balaban J connectivity index is 1.39. The van der Waals surface area contributed by atoms with Gasteiger partial charge in [0.1, 0.15) is 17.7 Å². The van der Waals surface area contributed by atoms with E-state index in [1.165, 1.54) is 6.07 Å². The van der Waals surface area contributed by atoms with Crippen molar-refractivity contribution < 1.29 is 13.9 Å². The van der Waals surface area contributed by atoms with Gasteiger partial charge in [0.15, 0.2) is 0 Å². The molecular formula is C21H23FN6O2. The Labute approximate surface area is 173 Å². The zero-order valence-electron chi connectivity index (χ0n) is 16.9. The summed E-state index contributed by atoms with van der Waals surface area (Å²) in [5, 5.41) is 10.1. The lowest BCUT2D eigenvalue weighted by molar-refractivity contribution is -0.138. The largest absolute Gasteiger partial charge is 0.368 e. The smallest absolute Gasteiger partial charge is 0.227 e. The first-order valence-electron chi connectivity index (χ1n) is 9.74. The number of H-pyrrole nitrogens is 1. The van der Waals surface area contributed by atoms with Crippen molar-refractivity contribution in [2.45, 2.75) is 26.4 Å². The number of morpholine rings is 1. The fourth-order valence-electron chi connectivity index (χ4n) is 3.42. The van der Waals surface area contributed by atoms with Gasteiger partial charge < -0.3 is 15.0 Å². The van der Waals surface area contributed by atoms with Crippen LogP contribution in [-0.4, -0.2) is 50.7 Å². The molecule has 1 amide bonds. The molecule has 9 heteroatoms. The molecule has 0 radical (unpaired) electrons. The molecule has 0 bridgehead atoms. The fraction of sp³-hybridized carbons (Fsp3) is 0.333. The summed E-state index contributed by atoms with van der Waals surface area (Å²) >= 11 is 0. The van der Waals surface area contributed by atoms with Gasteiger partial charge in [-0.05, 0) is 38.1 Å². The SMILES string of the molecule is Cc1n[nH]c(C)c1CC(=O)N1CCOC(c2ccc(Nc3ccc(F)cn3)cn2)C1. The summed E-state index contributed by atoms with van der Waals surface area (Å²) in [7, 11) is 0. The average molecular weight is 410 g/mol. The minimum absolute atomic E-state index is 0.0524. The molecule has 1 fully saturated rings. The third kappa shape index (κ3) is 4.46. The Bertz CT molecular complexity index is 999. The highest BCUT2D eigenvalue weighted by Crippen LogP contribution is 2.23. The van der Waals surface area contributed by atoms with Crippen molar-refractivity contribution in [3.63, 3.8) is 0 Å². The Kier molecular flexibility index (Phi) is 5.71. The number of anilines is 2. The fourth-order valence-corrected chi connectivity index (χ4v) is 3.42. The Hall–Kier alpha value is -3.33. The zero-order chi connectivity index (χ0) is 21.1. The molecule has 3 aromatic rings. The number of rotatable bonds is 5. The number of nitrogens with zero attached hydrogens (tertiary/aromatic N) is 4. The van der Waals surface area contributed by atoms with Crippen LogP contribution in [0.5, 0.6) is 0 Å². The summed E-state index contributed by atoms with van der Waals surface area (Å²) in [6.45, 7) is 5.29. The molecule has 1 aliphatic rings. The second-order valence-electron chi connectivity index (χ2n) is 7.25. The number of hydrogen-bond donors (Lipinski definition) is 2. The van der Waals surface area contributed by atoms with Gasteiger partial charge in [0, 0.05) is 17.8 Å². The van der Waals surface area contributed by atoms with Crippen LogP contribution in [0.1, 0.15) is 28.7 Å². The Morgan fingerprint density at radius 2 is 2.13 bits per heavy atom. The van der Waals surface area contributed by atoms with Crippen LogP contribution >= 0.6 is 0 Å². The summed E-state index contributed by atoms with van der Waals surface area (Å²) in [5.41, 5.74) is 4.21. The van der Waals surface area contributed by atoms with Crippen molar-refractivity contribution in [2.75, 3.05) is 25.0 Å². The van der Waals surface area contributed by atoms with Crippen LogP contribution in [0.25, 0.3) is 0 Å². The minimum atomic E-state index is -0.388. The van der Waals surface area contributed by atoms with Gasteiger partial charge in [-0.15, -0.1) is 0 Å². The van der Waals surface area contributed by atoms with E-state index in [9.17, 15) is 9.18 Å². The molecule has 0 aromatic carbocycles. The second-order valence-corrected chi connectivity index (χ2v) is 7.25. The first-order valence-corrected chi connectivity index (χ1v) is 9.74. The highest BCUT2D eigenvalue weighted by molar-refractivity contribution is 5.79. The average Bonchev–Trinajstić information content (AvgIpc) is 3.08. The maximum Gasteiger partial charge on any atom is 0.227 e. The molecule has 1 unspecified atom stereocenters. The van der Waals surface area contributed by atoms with Crippen molar-refractivity contribution >= 4 is 17.4 Å². The van der Waals surface area contributed by atoms with Gasteiger partial charge >= 0.3 is 0 Å². The minimum Gasteiger partial charge on any atom is -0.368 e. The number of nitrogens with one attached hydrogen (secondary N) is 2. The third-order valence-electron chi connectivity index (χ3n) is 5.14. The molecule has 8 nitrogen and oxygen atoms in total. The number of amides is 1. The van der Waals surface area contributed by atoms with E-state index in [2.05, 4.69) is 25.5 Å². The van der Waals surface area contributed by atoms with Crippen LogP contribution in [0.15, 0.2) is 36.7 Å². The predicted molar refractivity (Wildman–Crippen MR) is 109 cm³/mol. The first-order chi connectivity index (χ1) is 14.5. The molecule has 4 rings (SSSR count). The molecule has 1 atom stereocenters. The number of aromatic nitrogens is 4. The van der Waals surface area contributed by atoms with E-state index in [0.717, 1.165) is 34.5 Å². The summed E-state index contributed by atoms with van der Waals surface area (Å²) in [6.07, 6.45) is 2.86. The molecule has 156 valence electrons. The highest BCUT2D eigenvalue weighted by Gasteiger charge is 2.27. The van der Waals surface area contributed by atoms with E-state index < -0.39 is 0 Å². The lowest BCUT2D eigenvalue weighted by atomic mass is 10.1. The van der Waals surface area contributed by atoms with Crippen LogP contribution < -0.4 is 5.32 Å². The van der Waals surface area contributed by atoms with Gasteiger partial charge in [-0.2, -0.15) is 5.10 Å². The number of carbonyl (C=O) groups excluding carboxylic acids is 1. The normalized spacial score (nSPS) is 16.5. The lowest BCUT2D eigenvalue weighted by Gasteiger charge is -2.32. The van der Waals surface area contributed by atoms with Gasteiger partial charge in [-0.1, -0.05) is 0 Å². The van der Waals surface area contributed by atoms with E-state index in [1.54, 1.807) is 12.3 Å². The van der Waals surface area contributed by atoms with Crippen LogP contribution in [0, 0.1) is 19.7 Å². The summed E-state index contributed by atoms with van der Waals surface area (Å²) in [6, 6.07) is 6.61. The van der Waals surface area contributed by atoms with E-state index in [4.69, 9.17) is 4.74 Å². The third-order valence-corrected chi connectivity index (χ3v) is 5.14. The predicted octanol–water partition coefficient (Wildman–Crippen LogP) is 2.84. The summed E-state index contributed by atoms with van der Waals surface area (Å²) in [5.74, 6) is 0.193. The summed E-state index contributed by atoms with van der Waals surface area (Å²) in [4.78, 5) is 23.0. The molecular weight excluding hydrogens is 387 g/mol. The number of pyridine rings is 2. The quantitative estimate of drug-likeness (QED) is 0.672. The highest BCUT2D eigenvalue weighted by atomic mass is 19.1. The van der Waals surface area contributed by atoms with Gasteiger partial charge in [-0.25, -0.2) is 9.37 Å². The maximum absolute atomic E-state index is 13.0. The number of hydrogen-bond acceptors (Lipinski definition) is 6. The van der Waals surface area contributed by atoms with Crippen LogP contribution in [0.2, 0.25) is 0 Å². The number of halogens is 1. The van der Waals surface area contributed by atoms with Crippen LogP contribution in [-0.2, 0) is 16.0 Å². The van der Waals surface area contributed by atoms with Crippen LogP contribution in [0.4, 0.5) is 15.9 Å². The second kappa shape index (κ2) is 8.58. The zero-order valence-corrected chi connectivity index (χ0v) is 16.9. The van der Waals surface area contributed by atoms with E-state index in [-0.39, 0.29) is 17.8 Å². The van der Waals surface area contributed by atoms with Crippen molar-refractivity contribution in [1.82, 2.24) is 25.1 Å². The van der Waals surface area contributed by atoms with Crippen molar-refractivity contribution in [3.8, 4) is 0 Å². The molecule has 2 N–H and O–H groups in total. The number of aryl methyl sites for hydroxylation is 2. The van der Waals surface area contributed by atoms with Gasteiger partial charge in [0.05, 0.1) is 49.0 Å². The molecule has 4 heterocycles. The molecule has 0 saturated carbocycles. The van der Waals surface area contributed by atoms with Gasteiger partial charge in [-0.3, -0.25) is 14.9 Å². The van der Waals surface area contributed by atoms with Crippen LogP contribution in [0.3, 0.4) is 0 Å². The maximum atomic E-state index is 13.0. The Morgan fingerprint density at radius 1 is 1.27 bits per heavy atom. The van der Waals surface area contributed by atoms with Gasteiger partial charge in [0.25, 0.3) is 0 Å². The molecule has 0 spiro atoms. The van der Waals surface area contributed by atoms with Crippen molar-refractivity contribution in [3.05, 3.63) is 65.1 Å². The molecule has 0 aliphatic carbocycles. The molecule has 30 heavy (non-hydrogen) atoms.